The second-order valence-electron chi connectivity index (χ2n) is 9.78. The molecule has 2 aliphatic rings. The summed E-state index contributed by atoms with van der Waals surface area (Å²) in [5, 5.41) is 6.04. The van der Waals surface area contributed by atoms with Crippen LogP contribution in [0.15, 0.2) is 24.4 Å². The van der Waals surface area contributed by atoms with Crippen LogP contribution in [0.25, 0.3) is 11.2 Å². The van der Waals surface area contributed by atoms with Gasteiger partial charge >= 0.3 is 0 Å². The predicted molar refractivity (Wildman–Crippen MR) is 143 cm³/mol. The largest absolute Gasteiger partial charge is 0.355 e. The van der Waals surface area contributed by atoms with Crippen LogP contribution in [0.2, 0.25) is 10.0 Å². The summed E-state index contributed by atoms with van der Waals surface area (Å²) in [6.45, 7) is 12.1. The molecule has 0 aliphatic carbocycles. The smallest absolute Gasteiger partial charge is 0.179 e. The van der Waals surface area contributed by atoms with Gasteiger partial charge in [-0.3, -0.25) is 4.90 Å². The fraction of sp³-hybridized carbons (Fsp3) is 0.560. The zero-order chi connectivity index (χ0) is 23.3. The van der Waals surface area contributed by atoms with E-state index < -0.39 is 0 Å². The highest BCUT2D eigenvalue weighted by molar-refractivity contribution is 6.35. The van der Waals surface area contributed by atoms with Crippen molar-refractivity contribution in [3.8, 4) is 0 Å². The zero-order valence-corrected chi connectivity index (χ0v) is 22.5. The Kier molecular flexibility index (Phi) is 7.63. The van der Waals surface area contributed by atoms with Crippen molar-refractivity contribution >= 4 is 52.6 Å². The van der Waals surface area contributed by atoms with Crippen LogP contribution in [0.3, 0.4) is 0 Å². The molecule has 0 saturated carbocycles. The standard InChI is InChI=1S/C25H32Cl2N6.ClH/c1-15-14-31(11-9-22(15)32-10-5-6-16(32)2)23-13-28-24-17(3)30-33(25(24)29-23)18(4)20-8-7-19(26)12-21(20)27;/h7-8,12-13,15-16,18,22H,5-6,9-11,14H2,1-4H3;1H/t15-,16-,18?,22+;/m1./s1. The summed E-state index contributed by atoms with van der Waals surface area (Å²) in [6, 6.07) is 6.88. The van der Waals surface area contributed by atoms with Crippen molar-refractivity contribution in [2.24, 2.45) is 5.92 Å². The number of aryl methyl sites for hydroxylation is 1. The van der Waals surface area contributed by atoms with Gasteiger partial charge in [0.1, 0.15) is 11.3 Å². The van der Waals surface area contributed by atoms with Crippen LogP contribution < -0.4 is 4.90 Å². The summed E-state index contributed by atoms with van der Waals surface area (Å²) in [4.78, 5) is 15.0. The predicted octanol–water partition coefficient (Wildman–Crippen LogP) is 6.17. The van der Waals surface area contributed by atoms with Gasteiger partial charge in [-0.2, -0.15) is 5.10 Å². The van der Waals surface area contributed by atoms with E-state index in [-0.39, 0.29) is 18.4 Å². The summed E-state index contributed by atoms with van der Waals surface area (Å²) < 4.78 is 1.94. The molecule has 6 nitrogen and oxygen atoms in total. The molecule has 2 aromatic heterocycles. The summed E-state index contributed by atoms with van der Waals surface area (Å²) in [7, 11) is 0. The van der Waals surface area contributed by atoms with Crippen LogP contribution in [0.4, 0.5) is 5.82 Å². The quantitative estimate of drug-likeness (QED) is 0.409. The SMILES string of the molecule is Cc1nn(C(C)c2ccc(Cl)cc2Cl)c2nc(N3CC[C@H](N4CCC[C@H]4C)[C@H](C)C3)cnc12.Cl. The molecule has 2 aliphatic heterocycles. The third-order valence-corrected chi connectivity index (χ3v) is 8.12. The molecular formula is C25H33Cl3N6. The molecule has 4 heterocycles. The molecule has 4 atom stereocenters. The van der Waals surface area contributed by atoms with Crippen LogP contribution in [0.5, 0.6) is 0 Å². The molecule has 9 heteroatoms. The van der Waals surface area contributed by atoms with E-state index in [2.05, 4.69) is 30.6 Å². The first kappa shape index (κ1) is 25.5. The minimum Gasteiger partial charge on any atom is -0.355 e. The molecule has 184 valence electrons. The van der Waals surface area contributed by atoms with Crippen LogP contribution in [0.1, 0.15) is 57.3 Å². The fourth-order valence-electron chi connectivity index (χ4n) is 5.72. The second kappa shape index (κ2) is 10.2. The zero-order valence-electron chi connectivity index (χ0n) is 20.2. The molecule has 0 spiro atoms. The van der Waals surface area contributed by atoms with Gasteiger partial charge in [0.25, 0.3) is 0 Å². The molecule has 3 aromatic rings. The number of likely N-dealkylation sites (tertiary alicyclic amines) is 1. The minimum atomic E-state index is -0.0863. The van der Waals surface area contributed by atoms with Gasteiger partial charge in [-0.05, 0) is 70.2 Å². The van der Waals surface area contributed by atoms with Crippen LogP contribution in [-0.4, -0.2) is 56.4 Å². The number of fused-ring (bicyclic) bond motifs is 1. The average Bonchev–Trinajstić information content (AvgIpc) is 3.36. The monoisotopic (exact) mass is 522 g/mol. The number of piperidine rings is 1. The molecule has 0 N–H and O–H groups in total. The molecule has 0 radical (unpaired) electrons. The van der Waals surface area contributed by atoms with Gasteiger partial charge in [0, 0.05) is 35.2 Å². The molecule has 2 fully saturated rings. The van der Waals surface area contributed by atoms with E-state index in [1.165, 1.54) is 25.8 Å². The number of aromatic nitrogens is 4. The maximum absolute atomic E-state index is 6.51. The number of hydrogen-bond donors (Lipinski definition) is 0. The molecule has 0 bridgehead atoms. The number of nitrogens with zero attached hydrogens (tertiary/aromatic N) is 6. The Balaban J connectivity index is 0.00000274. The van der Waals surface area contributed by atoms with E-state index >= 15 is 0 Å². The molecule has 1 aromatic carbocycles. The highest BCUT2D eigenvalue weighted by atomic mass is 35.5. The van der Waals surface area contributed by atoms with E-state index in [0.717, 1.165) is 41.3 Å². The Morgan fingerprint density at radius 1 is 1.12 bits per heavy atom. The first-order chi connectivity index (χ1) is 15.8. The van der Waals surface area contributed by atoms with Gasteiger partial charge in [0.05, 0.1) is 17.9 Å². The molecule has 34 heavy (non-hydrogen) atoms. The van der Waals surface area contributed by atoms with E-state index in [9.17, 15) is 0 Å². The van der Waals surface area contributed by atoms with E-state index in [4.69, 9.17) is 38.3 Å². The van der Waals surface area contributed by atoms with Crippen molar-refractivity contribution in [3.05, 3.63) is 45.7 Å². The van der Waals surface area contributed by atoms with Gasteiger partial charge in [-0.25, -0.2) is 14.6 Å². The van der Waals surface area contributed by atoms with Crippen LogP contribution >= 0.6 is 35.6 Å². The van der Waals surface area contributed by atoms with Crippen molar-refractivity contribution in [2.45, 2.75) is 65.1 Å². The maximum Gasteiger partial charge on any atom is 0.179 e. The third kappa shape index (κ3) is 4.62. The Hall–Kier alpha value is -1.60. The second-order valence-corrected chi connectivity index (χ2v) is 10.6. The normalized spacial score (nSPS) is 24.4. The summed E-state index contributed by atoms with van der Waals surface area (Å²) in [5.41, 5.74) is 3.47. The van der Waals surface area contributed by atoms with Crippen molar-refractivity contribution in [2.75, 3.05) is 24.5 Å². The summed E-state index contributed by atoms with van der Waals surface area (Å²) >= 11 is 12.6. The lowest BCUT2D eigenvalue weighted by Gasteiger charge is -2.43. The Morgan fingerprint density at radius 2 is 1.91 bits per heavy atom. The van der Waals surface area contributed by atoms with E-state index in [1.807, 2.05) is 29.9 Å². The highest BCUT2D eigenvalue weighted by Gasteiger charge is 2.35. The van der Waals surface area contributed by atoms with Crippen molar-refractivity contribution < 1.29 is 0 Å². The first-order valence-electron chi connectivity index (χ1n) is 12.0. The number of hydrogen-bond acceptors (Lipinski definition) is 5. The summed E-state index contributed by atoms with van der Waals surface area (Å²) in [5.74, 6) is 1.52. The van der Waals surface area contributed by atoms with Gasteiger partial charge < -0.3 is 4.90 Å². The van der Waals surface area contributed by atoms with Crippen LogP contribution in [0, 0.1) is 12.8 Å². The van der Waals surface area contributed by atoms with E-state index in [1.54, 1.807) is 6.07 Å². The van der Waals surface area contributed by atoms with Crippen molar-refractivity contribution in [1.82, 2.24) is 24.6 Å². The van der Waals surface area contributed by atoms with Gasteiger partial charge in [0.15, 0.2) is 5.65 Å². The maximum atomic E-state index is 6.51. The van der Waals surface area contributed by atoms with Gasteiger partial charge in [-0.15, -0.1) is 12.4 Å². The number of rotatable bonds is 4. The Morgan fingerprint density at radius 3 is 2.59 bits per heavy atom. The first-order valence-corrected chi connectivity index (χ1v) is 12.8. The van der Waals surface area contributed by atoms with Crippen molar-refractivity contribution in [3.63, 3.8) is 0 Å². The Labute approximate surface area is 218 Å². The lowest BCUT2D eigenvalue weighted by molar-refractivity contribution is 0.122. The number of anilines is 1. The molecule has 2 saturated heterocycles. The van der Waals surface area contributed by atoms with Crippen LogP contribution in [-0.2, 0) is 0 Å². The van der Waals surface area contributed by atoms with Gasteiger partial charge in [-0.1, -0.05) is 36.2 Å². The average molecular weight is 524 g/mol. The minimum absolute atomic E-state index is 0. The van der Waals surface area contributed by atoms with E-state index in [0.29, 0.717) is 28.0 Å². The van der Waals surface area contributed by atoms with Crippen molar-refractivity contribution in [1.29, 1.82) is 0 Å². The lowest BCUT2D eigenvalue weighted by atomic mass is 9.92. The fourth-order valence-corrected chi connectivity index (χ4v) is 6.28. The Bertz CT molecular complexity index is 1170. The van der Waals surface area contributed by atoms with Gasteiger partial charge in [0.2, 0.25) is 0 Å². The molecule has 1 unspecified atom stereocenters. The molecular weight excluding hydrogens is 491 g/mol. The topological polar surface area (TPSA) is 50.1 Å². The molecule has 5 rings (SSSR count). The lowest BCUT2D eigenvalue weighted by Crippen LogP contribution is -2.51. The number of halogens is 3. The molecule has 0 amide bonds. The number of benzene rings is 1. The highest BCUT2D eigenvalue weighted by Crippen LogP contribution is 2.33. The summed E-state index contributed by atoms with van der Waals surface area (Å²) in [6.07, 6.45) is 5.73. The third-order valence-electron chi connectivity index (χ3n) is 7.55.